The molecule has 0 aliphatic carbocycles. The zero-order valence-corrected chi connectivity index (χ0v) is 10.6. The number of benzene rings is 2. The van der Waals surface area contributed by atoms with Crippen molar-refractivity contribution >= 4 is 18.8 Å². The van der Waals surface area contributed by atoms with Crippen molar-refractivity contribution in [3.8, 4) is 11.1 Å². The molecule has 3 nitrogen and oxygen atoms in total. The smallest absolute Gasteiger partial charge is 0.427 e. The monoisotopic (exact) mass is 291 g/mol. The van der Waals surface area contributed by atoms with Crippen LogP contribution in [0.25, 0.3) is 11.1 Å². The molecule has 2 aromatic carbocycles. The minimum atomic E-state index is -4.40. The highest BCUT2D eigenvalue weighted by molar-refractivity contribution is 6.62. The predicted octanol–water partition coefficient (Wildman–Crippen LogP) is 2.42. The lowest BCUT2D eigenvalue weighted by atomic mass is 9.74. The van der Waals surface area contributed by atoms with E-state index in [-0.39, 0.29) is 0 Å². The first-order chi connectivity index (χ1) is 9.97. The molecule has 106 valence electrons. The maximum Gasteiger partial charge on any atom is 0.583 e. The molecule has 0 saturated heterocycles. The molecule has 0 amide bonds. The van der Waals surface area contributed by atoms with Crippen LogP contribution in [0.5, 0.6) is 0 Å². The van der Waals surface area contributed by atoms with Crippen molar-refractivity contribution in [2.24, 2.45) is 5.16 Å². The summed E-state index contributed by atoms with van der Waals surface area (Å²) in [5, 5.41) is 13.3. The van der Waals surface area contributed by atoms with Crippen molar-refractivity contribution in [1.29, 1.82) is 0 Å². The topological polar surface area (TPSA) is 41.8 Å². The maximum absolute atomic E-state index is 12.8. The van der Waals surface area contributed by atoms with E-state index in [0.29, 0.717) is 22.2 Å². The number of rotatable bonds is 1. The Morgan fingerprint density at radius 1 is 1.10 bits per heavy atom. The number of alkyl halides is 3. The molecule has 0 aromatic heterocycles. The third-order valence-corrected chi connectivity index (χ3v) is 3.25. The molecule has 1 N–H and O–H groups in total. The summed E-state index contributed by atoms with van der Waals surface area (Å²) in [6.45, 7) is 0. The normalized spacial score (nSPS) is 13.8. The van der Waals surface area contributed by atoms with Gasteiger partial charge in [0.1, 0.15) is 0 Å². The summed E-state index contributed by atoms with van der Waals surface area (Å²) >= 11 is 0. The number of nitrogens with zero attached hydrogens (tertiary/aromatic N) is 1. The van der Waals surface area contributed by atoms with E-state index in [1.165, 1.54) is 12.3 Å². The van der Waals surface area contributed by atoms with E-state index in [0.717, 1.165) is 12.1 Å². The summed E-state index contributed by atoms with van der Waals surface area (Å²) in [7, 11) is -1.21. The zero-order valence-electron chi connectivity index (χ0n) is 10.6. The average Bonchev–Trinajstić information content (AvgIpc) is 2.46. The summed E-state index contributed by atoms with van der Waals surface area (Å²) in [6.07, 6.45) is -3.01. The van der Waals surface area contributed by atoms with Crippen LogP contribution in [0.1, 0.15) is 11.1 Å². The Hall–Kier alpha value is -2.28. The van der Waals surface area contributed by atoms with Gasteiger partial charge in [0.15, 0.2) is 0 Å². The summed E-state index contributed by atoms with van der Waals surface area (Å²) in [5.41, 5.74) is 1.27. The van der Waals surface area contributed by atoms with Crippen LogP contribution >= 0.6 is 0 Å². The van der Waals surface area contributed by atoms with Crippen LogP contribution in [0.3, 0.4) is 0 Å². The van der Waals surface area contributed by atoms with Crippen LogP contribution in [0, 0.1) is 0 Å². The minimum absolute atomic E-state index is 0.405. The van der Waals surface area contributed by atoms with Crippen LogP contribution in [-0.2, 0) is 10.9 Å². The Labute approximate surface area is 118 Å². The van der Waals surface area contributed by atoms with E-state index in [2.05, 4.69) is 5.16 Å². The Balaban J connectivity index is 2.15. The molecule has 0 fully saturated rings. The van der Waals surface area contributed by atoms with Gasteiger partial charge in [0.25, 0.3) is 0 Å². The van der Waals surface area contributed by atoms with Crippen LogP contribution in [0.4, 0.5) is 13.2 Å². The lowest BCUT2D eigenvalue weighted by Gasteiger charge is -2.17. The van der Waals surface area contributed by atoms with Gasteiger partial charge in [-0.05, 0) is 23.3 Å². The van der Waals surface area contributed by atoms with Crippen molar-refractivity contribution in [2.75, 3.05) is 0 Å². The molecule has 1 aliphatic rings. The standard InChI is InChI=1S/C14H9BF3NO2/c16-14(17,18)10-4-1-3-9(7-10)11-5-2-6-13-12(11)8-19-21-15(13)20/h1-8,20H. The van der Waals surface area contributed by atoms with Crippen molar-refractivity contribution in [3.05, 3.63) is 53.6 Å². The van der Waals surface area contributed by atoms with Crippen LogP contribution < -0.4 is 5.46 Å². The molecule has 2 aromatic rings. The van der Waals surface area contributed by atoms with E-state index in [9.17, 15) is 18.2 Å². The molecule has 1 aliphatic heterocycles. The summed E-state index contributed by atoms with van der Waals surface area (Å²) < 4.78 is 43.1. The van der Waals surface area contributed by atoms with Gasteiger partial charge >= 0.3 is 13.3 Å². The van der Waals surface area contributed by atoms with Crippen molar-refractivity contribution < 1.29 is 23.0 Å². The Morgan fingerprint density at radius 3 is 2.62 bits per heavy atom. The third-order valence-electron chi connectivity index (χ3n) is 3.25. The number of oxime groups is 1. The van der Waals surface area contributed by atoms with Gasteiger partial charge in [-0.2, -0.15) is 13.2 Å². The van der Waals surface area contributed by atoms with E-state index in [1.54, 1.807) is 24.3 Å². The number of hydrogen-bond donors (Lipinski definition) is 1. The Kier molecular flexibility index (Phi) is 3.21. The lowest BCUT2D eigenvalue weighted by molar-refractivity contribution is -0.137. The SMILES string of the molecule is OB1ON=Cc2c1cccc2-c1cccc(C(F)(F)F)c1. The third kappa shape index (κ3) is 2.52. The molecule has 7 heteroatoms. The van der Waals surface area contributed by atoms with Gasteiger partial charge in [0.2, 0.25) is 0 Å². The van der Waals surface area contributed by atoms with Crippen molar-refractivity contribution in [3.63, 3.8) is 0 Å². The second kappa shape index (κ2) is 4.93. The van der Waals surface area contributed by atoms with Crippen LogP contribution in [-0.4, -0.2) is 18.4 Å². The van der Waals surface area contributed by atoms with Gasteiger partial charge in [-0.1, -0.05) is 30.3 Å². The minimum Gasteiger partial charge on any atom is -0.427 e. The second-order valence-electron chi connectivity index (χ2n) is 4.58. The fourth-order valence-electron chi connectivity index (χ4n) is 2.25. The molecular weight excluding hydrogens is 282 g/mol. The molecule has 3 rings (SSSR count). The van der Waals surface area contributed by atoms with E-state index < -0.39 is 18.9 Å². The second-order valence-corrected chi connectivity index (χ2v) is 4.58. The Morgan fingerprint density at radius 2 is 1.86 bits per heavy atom. The molecule has 0 spiro atoms. The molecule has 0 bridgehead atoms. The van der Waals surface area contributed by atoms with Crippen LogP contribution in [0.2, 0.25) is 0 Å². The van der Waals surface area contributed by atoms with Crippen molar-refractivity contribution in [2.45, 2.75) is 6.18 Å². The van der Waals surface area contributed by atoms with Crippen LogP contribution in [0.15, 0.2) is 47.6 Å². The highest BCUT2D eigenvalue weighted by Gasteiger charge is 2.31. The zero-order chi connectivity index (χ0) is 15.0. The summed E-state index contributed by atoms with van der Waals surface area (Å²) in [4.78, 5) is 0. The average molecular weight is 291 g/mol. The van der Waals surface area contributed by atoms with Gasteiger partial charge in [0, 0.05) is 11.0 Å². The van der Waals surface area contributed by atoms with Gasteiger partial charge in [-0.25, -0.2) is 0 Å². The van der Waals surface area contributed by atoms with E-state index in [1.807, 2.05) is 0 Å². The number of fused-ring (bicyclic) bond motifs is 1. The molecule has 21 heavy (non-hydrogen) atoms. The fraction of sp³-hybridized carbons (Fsp3) is 0.0714. The van der Waals surface area contributed by atoms with Gasteiger partial charge in [-0.3, -0.25) is 0 Å². The summed E-state index contributed by atoms with van der Waals surface area (Å²) in [6, 6.07) is 10.0. The molecule has 0 saturated carbocycles. The lowest BCUT2D eigenvalue weighted by Crippen LogP contribution is -2.37. The maximum atomic E-state index is 12.8. The predicted molar refractivity (Wildman–Crippen MR) is 73.2 cm³/mol. The Bertz CT molecular complexity index is 716. The molecule has 1 heterocycles. The highest BCUT2D eigenvalue weighted by Crippen LogP contribution is 2.32. The first kappa shape index (κ1) is 13.7. The van der Waals surface area contributed by atoms with Gasteiger partial charge in [-0.15, -0.1) is 5.16 Å². The number of halogens is 3. The van der Waals surface area contributed by atoms with E-state index >= 15 is 0 Å². The van der Waals surface area contributed by atoms with Gasteiger partial charge < -0.3 is 9.78 Å². The summed E-state index contributed by atoms with van der Waals surface area (Å²) in [5.74, 6) is 0. The molecule has 0 atom stereocenters. The first-order valence-corrected chi connectivity index (χ1v) is 6.14. The number of hydrogen-bond acceptors (Lipinski definition) is 3. The molecular formula is C14H9BF3NO2. The quantitative estimate of drug-likeness (QED) is 0.820. The van der Waals surface area contributed by atoms with E-state index in [4.69, 9.17) is 4.76 Å². The fourth-order valence-corrected chi connectivity index (χ4v) is 2.25. The van der Waals surface area contributed by atoms with Crippen molar-refractivity contribution in [1.82, 2.24) is 0 Å². The first-order valence-electron chi connectivity index (χ1n) is 6.14. The molecule has 0 radical (unpaired) electrons. The van der Waals surface area contributed by atoms with Gasteiger partial charge in [0.05, 0.1) is 11.8 Å². The largest absolute Gasteiger partial charge is 0.583 e. The highest BCUT2D eigenvalue weighted by atomic mass is 19.4. The molecule has 0 unspecified atom stereocenters.